The molecule has 0 aromatic heterocycles. The van der Waals surface area contributed by atoms with Crippen molar-refractivity contribution in [1.82, 2.24) is 4.90 Å². The van der Waals surface area contributed by atoms with Crippen LogP contribution in [0, 0.1) is 27.7 Å². The van der Waals surface area contributed by atoms with Gasteiger partial charge in [-0.15, -0.1) is 23.2 Å². The summed E-state index contributed by atoms with van der Waals surface area (Å²) in [5, 5.41) is 0. The molecule has 0 N–H and O–H groups in total. The monoisotopic (exact) mass is 343 g/mol. The highest BCUT2D eigenvalue weighted by Crippen LogP contribution is 2.36. The van der Waals surface area contributed by atoms with Crippen LogP contribution in [-0.2, 0) is 11.2 Å². The van der Waals surface area contributed by atoms with E-state index in [0.717, 1.165) is 44.8 Å². The number of benzene rings is 1. The van der Waals surface area contributed by atoms with Gasteiger partial charge in [-0.25, -0.2) is 0 Å². The molecule has 22 heavy (non-hydrogen) atoms. The molecule has 1 aromatic carbocycles. The molecule has 2 nitrogen and oxygen atoms in total. The van der Waals surface area contributed by atoms with Crippen LogP contribution in [0.15, 0.2) is 0 Å². The van der Waals surface area contributed by atoms with Crippen LogP contribution in [0.4, 0.5) is 0 Å². The second-order valence-electron chi connectivity index (χ2n) is 6.25. The van der Waals surface area contributed by atoms with Crippen molar-refractivity contribution < 1.29 is 4.74 Å². The Bertz CT molecular complexity index is 493. The molecule has 1 aromatic rings. The van der Waals surface area contributed by atoms with E-state index >= 15 is 0 Å². The highest BCUT2D eigenvalue weighted by Gasteiger charge is 2.18. The lowest BCUT2D eigenvalue weighted by atomic mass is 9.87. The number of morpholine rings is 1. The Kier molecular flexibility index (Phi) is 6.58. The maximum absolute atomic E-state index is 6.16. The summed E-state index contributed by atoms with van der Waals surface area (Å²) in [7, 11) is 0. The molecule has 0 bridgehead atoms. The SMILES string of the molecule is Cc1c(C)c(C(Cl)Cl)c(C)c(C)c1CCCN1CCOCC1. The summed E-state index contributed by atoms with van der Waals surface area (Å²) in [5.41, 5.74) is 7.77. The first-order valence-electron chi connectivity index (χ1n) is 8.10. The van der Waals surface area contributed by atoms with Gasteiger partial charge in [-0.1, -0.05) is 0 Å². The molecular formula is C18H27Cl2NO. The molecule has 4 heteroatoms. The predicted molar refractivity (Wildman–Crippen MR) is 95.4 cm³/mol. The highest BCUT2D eigenvalue weighted by molar-refractivity contribution is 6.44. The van der Waals surface area contributed by atoms with Gasteiger partial charge >= 0.3 is 0 Å². The predicted octanol–water partition coefficient (Wildman–Crippen LogP) is 4.66. The Labute approximate surface area is 144 Å². The van der Waals surface area contributed by atoms with E-state index in [1.807, 2.05) is 0 Å². The molecule has 0 aliphatic carbocycles. The number of nitrogens with zero attached hydrogens (tertiary/aromatic N) is 1. The fraction of sp³-hybridized carbons (Fsp3) is 0.667. The Morgan fingerprint density at radius 3 is 2.00 bits per heavy atom. The average Bonchev–Trinajstić information content (AvgIpc) is 2.49. The van der Waals surface area contributed by atoms with Gasteiger partial charge in [-0.05, 0) is 80.5 Å². The number of alkyl halides is 2. The van der Waals surface area contributed by atoms with Crippen molar-refractivity contribution in [2.75, 3.05) is 32.8 Å². The van der Waals surface area contributed by atoms with Gasteiger partial charge in [-0.2, -0.15) is 0 Å². The van der Waals surface area contributed by atoms with E-state index in [1.54, 1.807) is 0 Å². The van der Waals surface area contributed by atoms with Crippen molar-refractivity contribution in [3.63, 3.8) is 0 Å². The molecular weight excluding hydrogens is 317 g/mol. The maximum atomic E-state index is 6.16. The smallest absolute Gasteiger partial charge is 0.133 e. The van der Waals surface area contributed by atoms with Gasteiger partial charge in [0.1, 0.15) is 4.84 Å². The van der Waals surface area contributed by atoms with Crippen molar-refractivity contribution in [1.29, 1.82) is 0 Å². The van der Waals surface area contributed by atoms with Crippen LogP contribution >= 0.6 is 23.2 Å². The molecule has 0 saturated carbocycles. The molecule has 0 atom stereocenters. The molecule has 0 spiro atoms. The molecule has 1 aliphatic heterocycles. The molecule has 2 rings (SSSR count). The third-order valence-electron chi connectivity index (χ3n) is 5.06. The zero-order valence-electron chi connectivity index (χ0n) is 14.1. The van der Waals surface area contributed by atoms with Gasteiger partial charge in [0.25, 0.3) is 0 Å². The van der Waals surface area contributed by atoms with E-state index in [-0.39, 0.29) is 0 Å². The molecule has 1 saturated heterocycles. The Balaban J connectivity index is 2.10. The first-order valence-corrected chi connectivity index (χ1v) is 8.98. The lowest BCUT2D eigenvalue weighted by Crippen LogP contribution is -2.37. The third kappa shape index (κ3) is 3.97. The zero-order valence-corrected chi connectivity index (χ0v) is 15.7. The standard InChI is InChI=1S/C18H27Cl2NO/c1-12-14(3)17(18(19)20)15(4)13(2)16(12)6-5-7-21-8-10-22-11-9-21/h18H,5-11H2,1-4H3. The van der Waals surface area contributed by atoms with Crippen LogP contribution < -0.4 is 0 Å². The van der Waals surface area contributed by atoms with Crippen molar-refractivity contribution in [3.8, 4) is 0 Å². The molecule has 0 amide bonds. The number of hydrogen-bond donors (Lipinski definition) is 0. The Morgan fingerprint density at radius 2 is 1.50 bits per heavy atom. The van der Waals surface area contributed by atoms with E-state index in [0.29, 0.717) is 0 Å². The fourth-order valence-electron chi connectivity index (χ4n) is 3.43. The van der Waals surface area contributed by atoms with Crippen LogP contribution in [0.5, 0.6) is 0 Å². The van der Waals surface area contributed by atoms with Crippen LogP contribution in [0.25, 0.3) is 0 Å². The van der Waals surface area contributed by atoms with Gasteiger partial charge < -0.3 is 4.74 Å². The topological polar surface area (TPSA) is 12.5 Å². The summed E-state index contributed by atoms with van der Waals surface area (Å²) in [6.07, 6.45) is 2.30. The van der Waals surface area contributed by atoms with E-state index in [9.17, 15) is 0 Å². The Hall–Kier alpha value is -0.280. The number of hydrogen-bond acceptors (Lipinski definition) is 2. The van der Waals surface area contributed by atoms with E-state index in [2.05, 4.69) is 32.6 Å². The zero-order chi connectivity index (χ0) is 16.3. The first kappa shape index (κ1) is 18.1. The van der Waals surface area contributed by atoms with E-state index in [4.69, 9.17) is 27.9 Å². The van der Waals surface area contributed by atoms with Gasteiger partial charge in [0.2, 0.25) is 0 Å². The van der Waals surface area contributed by atoms with Gasteiger partial charge in [0.05, 0.1) is 13.2 Å². The van der Waals surface area contributed by atoms with Crippen molar-refractivity contribution in [2.45, 2.75) is 45.4 Å². The minimum Gasteiger partial charge on any atom is -0.379 e. The van der Waals surface area contributed by atoms with Crippen molar-refractivity contribution in [3.05, 3.63) is 33.4 Å². The van der Waals surface area contributed by atoms with Crippen LogP contribution in [0.3, 0.4) is 0 Å². The van der Waals surface area contributed by atoms with Crippen LogP contribution in [-0.4, -0.2) is 37.7 Å². The lowest BCUT2D eigenvalue weighted by molar-refractivity contribution is 0.0374. The van der Waals surface area contributed by atoms with Gasteiger partial charge in [-0.3, -0.25) is 4.90 Å². The second kappa shape index (κ2) is 8.01. The van der Waals surface area contributed by atoms with Gasteiger partial charge in [0, 0.05) is 13.1 Å². The summed E-state index contributed by atoms with van der Waals surface area (Å²) in [4.78, 5) is 2.05. The number of halogens is 2. The third-order valence-corrected chi connectivity index (χ3v) is 5.50. The normalized spacial score (nSPS) is 16.5. The molecule has 124 valence electrons. The summed E-state index contributed by atoms with van der Waals surface area (Å²) >= 11 is 12.3. The van der Waals surface area contributed by atoms with E-state index < -0.39 is 4.84 Å². The first-order chi connectivity index (χ1) is 10.4. The second-order valence-corrected chi connectivity index (χ2v) is 7.35. The maximum Gasteiger partial charge on any atom is 0.133 e. The van der Waals surface area contributed by atoms with Crippen molar-refractivity contribution >= 4 is 23.2 Å². The average molecular weight is 344 g/mol. The number of ether oxygens (including phenoxy) is 1. The lowest BCUT2D eigenvalue weighted by Gasteiger charge is -2.27. The summed E-state index contributed by atoms with van der Waals surface area (Å²) in [6, 6.07) is 0. The minimum atomic E-state index is -0.445. The van der Waals surface area contributed by atoms with E-state index in [1.165, 1.54) is 34.2 Å². The molecule has 1 fully saturated rings. The minimum absolute atomic E-state index is 0.445. The summed E-state index contributed by atoms with van der Waals surface area (Å²) < 4.78 is 5.40. The molecule has 1 aliphatic rings. The fourth-order valence-corrected chi connectivity index (χ4v) is 4.08. The summed E-state index contributed by atoms with van der Waals surface area (Å²) in [6.45, 7) is 13.7. The highest BCUT2D eigenvalue weighted by atomic mass is 35.5. The molecule has 1 heterocycles. The molecule has 0 unspecified atom stereocenters. The quantitative estimate of drug-likeness (QED) is 0.720. The molecule has 0 radical (unpaired) electrons. The van der Waals surface area contributed by atoms with Crippen LogP contribution in [0.1, 0.15) is 44.6 Å². The van der Waals surface area contributed by atoms with Crippen LogP contribution in [0.2, 0.25) is 0 Å². The summed E-state index contributed by atoms with van der Waals surface area (Å²) in [5.74, 6) is 0. The van der Waals surface area contributed by atoms with Crippen molar-refractivity contribution in [2.24, 2.45) is 0 Å². The Morgan fingerprint density at radius 1 is 0.955 bits per heavy atom. The number of rotatable bonds is 5. The van der Waals surface area contributed by atoms with Gasteiger partial charge in [0.15, 0.2) is 0 Å². The largest absolute Gasteiger partial charge is 0.379 e.